The van der Waals surface area contributed by atoms with E-state index in [2.05, 4.69) is 5.32 Å². The standard InChI is InChI=1S/C16H20F2N2O/c17-16(18)12-15(16)6-8-20(9-7-15)11-14(21)19-10-13-4-2-1-3-5-13/h1-5H,6-12H2,(H,19,21). The molecular formula is C16H20F2N2O. The zero-order valence-electron chi connectivity index (χ0n) is 11.9. The first-order valence-electron chi connectivity index (χ1n) is 7.42. The zero-order valence-corrected chi connectivity index (χ0v) is 11.9. The van der Waals surface area contributed by atoms with Crippen molar-refractivity contribution in [3.05, 3.63) is 35.9 Å². The molecule has 5 heteroatoms. The number of piperidine rings is 1. The number of hydrogen-bond donors (Lipinski definition) is 1. The molecule has 1 saturated carbocycles. The quantitative estimate of drug-likeness (QED) is 0.925. The number of hydrogen-bond acceptors (Lipinski definition) is 2. The number of rotatable bonds is 4. The van der Waals surface area contributed by atoms with Crippen molar-refractivity contribution in [1.82, 2.24) is 10.2 Å². The molecule has 1 spiro atoms. The van der Waals surface area contributed by atoms with Crippen LogP contribution in [0.2, 0.25) is 0 Å². The van der Waals surface area contributed by atoms with E-state index in [1.165, 1.54) is 0 Å². The van der Waals surface area contributed by atoms with E-state index in [0.717, 1.165) is 5.56 Å². The number of nitrogens with zero attached hydrogens (tertiary/aromatic N) is 1. The van der Waals surface area contributed by atoms with Gasteiger partial charge in [0, 0.05) is 18.4 Å². The molecule has 1 aliphatic heterocycles. The fourth-order valence-electron chi connectivity index (χ4n) is 3.12. The first-order valence-corrected chi connectivity index (χ1v) is 7.42. The molecule has 3 nitrogen and oxygen atoms in total. The smallest absolute Gasteiger partial charge is 0.254 e. The van der Waals surface area contributed by atoms with Gasteiger partial charge in [0.15, 0.2) is 0 Å². The van der Waals surface area contributed by atoms with E-state index in [-0.39, 0.29) is 12.3 Å². The molecule has 2 aliphatic rings. The highest BCUT2D eigenvalue weighted by atomic mass is 19.3. The Balaban J connectivity index is 1.40. The third kappa shape index (κ3) is 3.07. The molecule has 1 N–H and O–H groups in total. The number of alkyl halides is 2. The summed E-state index contributed by atoms with van der Waals surface area (Å²) in [4.78, 5) is 13.9. The Hall–Kier alpha value is -1.49. The molecule has 1 heterocycles. The second kappa shape index (κ2) is 5.37. The SMILES string of the molecule is O=C(CN1CCC2(CC1)CC2(F)F)NCc1ccccc1. The minimum absolute atomic E-state index is 0.0358. The minimum atomic E-state index is -2.46. The van der Waals surface area contributed by atoms with Gasteiger partial charge in [0.1, 0.15) is 0 Å². The fraction of sp³-hybridized carbons (Fsp3) is 0.562. The second-order valence-corrected chi connectivity index (χ2v) is 6.20. The summed E-state index contributed by atoms with van der Waals surface area (Å²) in [5.41, 5.74) is 0.311. The Morgan fingerprint density at radius 2 is 1.81 bits per heavy atom. The zero-order chi connectivity index (χ0) is 14.9. The lowest BCUT2D eigenvalue weighted by atomic mass is 9.93. The molecule has 0 aromatic heterocycles. The predicted octanol–water partition coefficient (Wildman–Crippen LogP) is 2.42. The van der Waals surface area contributed by atoms with Gasteiger partial charge in [-0.15, -0.1) is 0 Å². The van der Waals surface area contributed by atoms with E-state index in [1.807, 2.05) is 35.2 Å². The Kier molecular flexibility index (Phi) is 3.69. The summed E-state index contributed by atoms with van der Waals surface area (Å²) < 4.78 is 26.5. The summed E-state index contributed by atoms with van der Waals surface area (Å²) in [6, 6.07) is 9.71. The van der Waals surface area contributed by atoms with Crippen molar-refractivity contribution < 1.29 is 13.6 Å². The first-order chi connectivity index (χ1) is 10.0. The van der Waals surface area contributed by atoms with E-state index < -0.39 is 11.3 Å². The molecule has 0 radical (unpaired) electrons. The Bertz CT molecular complexity index is 510. The Morgan fingerprint density at radius 3 is 2.38 bits per heavy atom. The van der Waals surface area contributed by atoms with Crippen molar-refractivity contribution in [2.24, 2.45) is 5.41 Å². The summed E-state index contributed by atoms with van der Waals surface area (Å²) in [6.07, 6.45) is 1.05. The van der Waals surface area contributed by atoms with Crippen LogP contribution in [0.25, 0.3) is 0 Å². The molecule has 114 valence electrons. The number of carbonyl (C=O) groups is 1. The van der Waals surface area contributed by atoms with Crippen molar-refractivity contribution in [3.63, 3.8) is 0 Å². The van der Waals surface area contributed by atoms with Crippen LogP contribution in [-0.2, 0) is 11.3 Å². The summed E-state index contributed by atoms with van der Waals surface area (Å²) in [5.74, 6) is -2.51. The third-order valence-corrected chi connectivity index (χ3v) is 4.72. The van der Waals surface area contributed by atoms with Crippen LogP contribution >= 0.6 is 0 Å². The molecule has 1 saturated heterocycles. The fourth-order valence-corrected chi connectivity index (χ4v) is 3.12. The van der Waals surface area contributed by atoms with Gasteiger partial charge < -0.3 is 5.32 Å². The van der Waals surface area contributed by atoms with E-state index in [4.69, 9.17) is 0 Å². The number of halogens is 2. The lowest BCUT2D eigenvalue weighted by Gasteiger charge is -2.31. The molecule has 1 aliphatic carbocycles. The number of nitrogens with one attached hydrogen (secondary N) is 1. The van der Waals surface area contributed by atoms with E-state index >= 15 is 0 Å². The largest absolute Gasteiger partial charge is 0.351 e. The number of benzene rings is 1. The average Bonchev–Trinajstić information content (AvgIpc) is 3.01. The summed E-state index contributed by atoms with van der Waals surface area (Å²) in [7, 11) is 0. The van der Waals surface area contributed by atoms with Crippen molar-refractivity contribution in [2.45, 2.75) is 31.7 Å². The van der Waals surface area contributed by atoms with Crippen molar-refractivity contribution in [2.75, 3.05) is 19.6 Å². The molecule has 1 aromatic rings. The maximum absolute atomic E-state index is 13.3. The highest BCUT2D eigenvalue weighted by Crippen LogP contribution is 2.65. The molecule has 1 aromatic carbocycles. The van der Waals surface area contributed by atoms with Crippen LogP contribution < -0.4 is 5.32 Å². The molecular weight excluding hydrogens is 274 g/mol. The van der Waals surface area contributed by atoms with Gasteiger partial charge in [-0.3, -0.25) is 9.69 Å². The second-order valence-electron chi connectivity index (χ2n) is 6.20. The summed E-state index contributed by atoms with van der Waals surface area (Å²) in [5, 5.41) is 2.87. The number of likely N-dealkylation sites (tertiary alicyclic amines) is 1. The highest BCUT2D eigenvalue weighted by molar-refractivity contribution is 5.78. The van der Waals surface area contributed by atoms with Gasteiger partial charge in [-0.2, -0.15) is 0 Å². The van der Waals surface area contributed by atoms with Crippen LogP contribution in [0.5, 0.6) is 0 Å². The predicted molar refractivity (Wildman–Crippen MR) is 76.0 cm³/mol. The van der Waals surface area contributed by atoms with Crippen molar-refractivity contribution in [3.8, 4) is 0 Å². The molecule has 1 amide bonds. The van der Waals surface area contributed by atoms with Crippen molar-refractivity contribution in [1.29, 1.82) is 0 Å². The third-order valence-electron chi connectivity index (χ3n) is 4.72. The van der Waals surface area contributed by atoms with Gasteiger partial charge >= 0.3 is 0 Å². The van der Waals surface area contributed by atoms with Gasteiger partial charge in [0.2, 0.25) is 5.91 Å². The molecule has 21 heavy (non-hydrogen) atoms. The topological polar surface area (TPSA) is 32.3 Å². The van der Waals surface area contributed by atoms with Gasteiger partial charge in [-0.1, -0.05) is 30.3 Å². The average molecular weight is 294 g/mol. The monoisotopic (exact) mass is 294 g/mol. The van der Waals surface area contributed by atoms with E-state index in [0.29, 0.717) is 39.0 Å². The summed E-state index contributed by atoms with van der Waals surface area (Å²) in [6.45, 7) is 1.99. The normalized spacial score (nSPS) is 23.0. The highest BCUT2D eigenvalue weighted by Gasteiger charge is 2.70. The van der Waals surface area contributed by atoms with Gasteiger partial charge in [-0.25, -0.2) is 8.78 Å². The molecule has 0 atom stereocenters. The lowest BCUT2D eigenvalue weighted by Crippen LogP contribution is -2.42. The van der Waals surface area contributed by atoms with Gasteiger partial charge in [-0.05, 0) is 31.5 Å². The van der Waals surface area contributed by atoms with Gasteiger partial charge in [0.05, 0.1) is 6.54 Å². The molecule has 3 rings (SSSR count). The van der Waals surface area contributed by atoms with Crippen LogP contribution in [0.3, 0.4) is 0 Å². The minimum Gasteiger partial charge on any atom is -0.351 e. The number of amides is 1. The van der Waals surface area contributed by atoms with Crippen molar-refractivity contribution >= 4 is 5.91 Å². The van der Waals surface area contributed by atoms with Crippen LogP contribution in [0.1, 0.15) is 24.8 Å². The van der Waals surface area contributed by atoms with Crippen LogP contribution in [0.4, 0.5) is 8.78 Å². The van der Waals surface area contributed by atoms with E-state index in [9.17, 15) is 13.6 Å². The first kappa shape index (κ1) is 14.4. The van der Waals surface area contributed by atoms with Gasteiger partial charge in [0.25, 0.3) is 5.92 Å². The van der Waals surface area contributed by atoms with Crippen LogP contribution in [0.15, 0.2) is 30.3 Å². The number of carbonyl (C=O) groups excluding carboxylic acids is 1. The molecule has 0 bridgehead atoms. The summed E-state index contributed by atoms with van der Waals surface area (Å²) >= 11 is 0. The van der Waals surface area contributed by atoms with Crippen LogP contribution in [-0.4, -0.2) is 36.4 Å². The van der Waals surface area contributed by atoms with E-state index in [1.54, 1.807) is 0 Å². The maximum Gasteiger partial charge on any atom is 0.254 e. The maximum atomic E-state index is 13.3. The lowest BCUT2D eigenvalue weighted by molar-refractivity contribution is -0.122. The Morgan fingerprint density at radius 1 is 1.19 bits per heavy atom. The van der Waals surface area contributed by atoms with Crippen LogP contribution in [0, 0.1) is 5.41 Å². The molecule has 2 fully saturated rings. The Labute approximate surface area is 123 Å². The molecule has 0 unspecified atom stereocenters.